The lowest BCUT2D eigenvalue weighted by Gasteiger charge is -2.34. The first-order valence-electron chi connectivity index (χ1n) is 9.56. The second-order valence-electron chi connectivity index (χ2n) is 6.66. The lowest BCUT2D eigenvalue weighted by atomic mass is 10.1. The number of hydrogen-bond acceptors (Lipinski definition) is 6. The monoisotopic (exact) mass is 377 g/mol. The largest absolute Gasteiger partial charge is 0.461 e. The number of benzene rings is 2. The number of nitrogens with zero attached hydrogens (tertiary/aromatic N) is 5. The molecule has 2 aromatic carbocycles. The summed E-state index contributed by atoms with van der Waals surface area (Å²) in [5.41, 5.74) is 3.16. The van der Waals surface area contributed by atoms with Gasteiger partial charge in [-0.1, -0.05) is 41.6 Å². The number of ether oxygens (including phenoxy) is 1. The zero-order valence-electron chi connectivity index (χ0n) is 15.9. The van der Waals surface area contributed by atoms with Gasteiger partial charge in [0.05, 0.1) is 25.4 Å². The van der Waals surface area contributed by atoms with Crippen molar-refractivity contribution in [1.29, 1.82) is 0 Å². The molecule has 1 saturated heterocycles. The molecule has 1 fully saturated rings. The predicted molar refractivity (Wildman–Crippen MR) is 108 cm³/mol. The number of fused-ring (bicyclic) bond motifs is 1. The van der Waals surface area contributed by atoms with Gasteiger partial charge in [0.25, 0.3) is 0 Å². The van der Waals surface area contributed by atoms with Gasteiger partial charge in [0.2, 0.25) is 0 Å². The quantitative estimate of drug-likeness (QED) is 0.590. The predicted octanol–water partition coefficient (Wildman–Crippen LogP) is 3.57. The van der Waals surface area contributed by atoms with Crippen LogP contribution >= 0.6 is 0 Å². The van der Waals surface area contributed by atoms with Gasteiger partial charge in [0.1, 0.15) is 6.04 Å². The molecule has 2 heterocycles. The molecule has 0 aliphatic carbocycles. The summed E-state index contributed by atoms with van der Waals surface area (Å²) < 4.78 is 5.15. The van der Waals surface area contributed by atoms with E-state index < -0.39 is 12.0 Å². The molecule has 7 heteroatoms. The molecule has 0 bridgehead atoms. The third-order valence-corrected chi connectivity index (χ3v) is 4.89. The van der Waals surface area contributed by atoms with Crippen molar-refractivity contribution >= 4 is 23.1 Å². The number of anilines is 1. The van der Waals surface area contributed by atoms with Gasteiger partial charge in [-0.3, -0.25) is 5.01 Å². The number of piperazine rings is 1. The van der Waals surface area contributed by atoms with E-state index in [0.717, 1.165) is 37.4 Å². The van der Waals surface area contributed by atoms with Gasteiger partial charge in [-0.25, -0.2) is 9.79 Å². The molecule has 1 unspecified atom stereocenters. The van der Waals surface area contributed by atoms with Crippen LogP contribution in [0.3, 0.4) is 0 Å². The fraction of sp³-hybridized carbons (Fsp3) is 0.333. The van der Waals surface area contributed by atoms with Crippen molar-refractivity contribution in [3.05, 3.63) is 60.2 Å². The van der Waals surface area contributed by atoms with Gasteiger partial charge < -0.3 is 9.64 Å². The van der Waals surface area contributed by atoms with Crippen LogP contribution in [0.15, 0.2) is 69.9 Å². The summed E-state index contributed by atoms with van der Waals surface area (Å²) in [5, 5.41) is 10.8. The third kappa shape index (κ3) is 3.74. The summed E-state index contributed by atoms with van der Waals surface area (Å²) in [7, 11) is 0. The zero-order valence-corrected chi connectivity index (χ0v) is 15.9. The lowest BCUT2D eigenvalue weighted by Crippen LogP contribution is -2.44. The van der Waals surface area contributed by atoms with E-state index in [1.807, 2.05) is 35.3 Å². The fourth-order valence-corrected chi connectivity index (χ4v) is 3.44. The van der Waals surface area contributed by atoms with Crippen molar-refractivity contribution in [2.75, 3.05) is 37.7 Å². The summed E-state index contributed by atoms with van der Waals surface area (Å²) in [4.78, 5) is 19.1. The van der Waals surface area contributed by atoms with Crippen molar-refractivity contribution in [2.45, 2.75) is 13.0 Å². The van der Waals surface area contributed by atoms with Crippen LogP contribution in [-0.4, -0.2) is 49.5 Å². The molecule has 0 aromatic heterocycles. The molecule has 0 radical (unpaired) electrons. The van der Waals surface area contributed by atoms with Crippen LogP contribution in [0, 0.1) is 0 Å². The number of carbonyl (C=O) groups excluding carboxylic acids is 1. The first-order valence-corrected chi connectivity index (χ1v) is 9.56. The SMILES string of the molecule is CCOC(=O)C1=Nc2ccccc2C1N=NN1CCN(c2ccccc2)CC1. The van der Waals surface area contributed by atoms with Gasteiger partial charge in [0.15, 0.2) is 5.71 Å². The standard InChI is InChI=1S/C21H23N5O2/c1-2-28-21(27)20-19(17-10-6-7-11-18(17)22-20)23-24-26-14-12-25(13-15-26)16-8-4-3-5-9-16/h3-11,19H,2,12-15H2,1H3. The van der Waals surface area contributed by atoms with Crippen LogP contribution in [0.2, 0.25) is 0 Å². The van der Waals surface area contributed by atoms with Crippen LogP contribution < -0.4 is 4.90 Å². The van der Waals surface area contributed by atoms with Gasteiger partial charge in [-0.15, -0.1) is 0 Å². The van der Waals surface area contributed by atoms with E-state index in [1.54, 1.807) is 6.92 Å². The number of hydrogen-bond donors (Lipinski definition) is 0. The highest BCUT2D eigenvalue weighted by Crippen LogP contribution is 2.36. The van der Waals surface area contributed by atoms with Crippen molar-refractivity contribution in [3.8, 4) is 0 Å². The second kappa shape index (κ2) is 8.21. The molecule has 0 amide bonds. The molecule has 144 valence electrons. The Kier molecular flexibility index (Phi) is 5.32. The summed E-state index contributed by atoms with van der Waals surface area (Å²) in [5.74, 6) is -0.434. The molecular formula is C21H23N5O2. The molecular weight excluding hydrogens is 354 g/mol. The van der Waals surface area contributed by atoms with Crippen LogP contribution in [-0.2, 0) is 9.53 Å². The molecule has 0 spiro atoms. The van der Waals surface area contributed by atoms with Crippen LogP contribution in [0.25, 0.3) is 0 Å². The zero-order chi connectivity index (χ0) is 19.3. The minimum absolute atomic E-state index is 0.301. The van der Waals surface area contributed by atoms with E-state index in [0.29, 0.717) is 12.3 Å². The minimum atomic E-state index is -0.512. The van der Waals surface area contributed by atoms with E-state index in [4.69, 9.17) is 4.74 Å². The van der Waals surface area contributed by atoms with Crippen molar-refractivity contribution in [3.63, 3.8) is 0 Å². The average molecular weight is 377 g/mol. The number of carbonyl (C=O) groups is 1. The molecule has 4 rings (SSSR count). The highest BCUT2D eigenvalue weighted by atomic mass is 16.5. The molecule has 1 atom stereocenters. The van der Waals surface area contributed by atoms with Crippen molar-refractivity contribution in [2.24, 2.45) is 15.3 Å². The summed E-state index contributed by atoms with van der Waals surface area (Å²) >= 11 is 0. The first kappa shape index (κ1) is 18.2. The Morgan fingerprint density at radius 1 is 1.07 bits per heavy atom. The maximum atomic E-state index is 12.3. The summed E-state index contributed by atoms with van der Waals surface area (Å²) in [6.07, 6.45) is 0. The molecule has 28 heavy (non-hydrogen) atoms. The highest BCUT2D eigenvalue weighted by molar-refractivity contribution is 6.40. The fourth-order valence-electron chi connectivity index (χ4n) is 3.44. The maximum Gasteiger partial charge on any atom is 0.355 e. The highest BCUT2D eigenvalue weighted by Gasteiger charge is 2.33. The van der Waals surface area contributed by atoms with Crippen LogP contribution in [0.1, 0.15) is 18.5 Å². The van der Waals surface area contributed by atoms with E-state index >= 15 is 0 Å². The lowest BCUT2D eigenvalue weighted by molar-refractivity contribution is -0.135. The molecule has 0 N–H and O–H groups in total. The molecule has 2 aromatic rings. The van der Waals surface area contributed by atoms with E-state index in [-0.39, 0.29) is 0 Å². The summed E-state index contributed by atoms with van der Waals surface area (Å²) in [6.45, 7) is 5.40. The van der Waals surface area contributed by atoms with E-state index in [9.17, 15) is 4.79 Å². The Bertz CT molecular complexity index is 889. The number of rotatable bonds is 5. The number of esters is 1. The Hall–Kier alpha value is -3.22. The Morgan fingerprint density at radius 2 is 1.79 bits per heavy atom. The average Bonchev–Trinajstić information content (AvgIpc) is 3.12. The Balaban J connectivity index is 1.45. The minimum Gasteiger partial charge on any atom is -0.461 e. The normalized spacial score (nSPS) is 18.9. The third-order valence-electron chi connectivity index (χ3n) is 4.89. The van der Waals surface area contributed by atoms with Gasteiger partial charge in [0, 0.05) is 24.3 Å². The first-order chi connectivity index (χ1) is 13.8. The Labute approximate surface area is 164 Å². The van der Waals surface area contributed by atoms with Gasteiger partial charge in [-0.05, 0) is 25.1 Å². The number of aliphatic imine (C=N–C) groups is 1. The number of para-hydroxylation sites is 2. The van der Waals surface area contributed by atoms with E-state index in [2.05, 4.69) is 44.5 Å². The van der Waals surface area contributed by atoms with Crippen LogP contribution in [0.5, 0.6) is 0 Å². The van der Waals surface area contributed by atoms with Crippen molar-refractivity contribution < 1.29 is 9.53 Å². The maximum absolute atomic E-state index is 12.3. The van der Waals surface area contributed by atoms with E-state index in [1.165, 1.54) is 5.69 Å². The van der Waals surface area contributed by atoms with Gasteiger partial charge >= 0.3 is 5.97 Å². The molecule has 2 aliphatic heterocycles. The second-order valence-corrected chi connectivity index (χ2v) is 6.66. The van der Waals surface area contributed by atoms with Crippen LogP contribution in [0.4, 0.5) is 11.4 Å². The summed E-state index contributed by atoms with van der Waals surface area (Å²) in [6, 6.07) is 17.5. The smallest absolute Gasteiger partial charge is 0.355 e. The molecule has 2 aliphatic rings. The Morgan fingerprint density at radius 3 is 2.54 bits per heavy atom. The van der Waals surface area contributed by atoms with Crippen molar-refractivity contribution in [1.82, 2.24) is 5.01 Å². The molecule has 7 nitrogen and oxygen atoms in total. The van der Waals surface area contributed by atoms with Gasteiger partial charge in [-0.2, -0.15) is 5.11 Å². The molecule has 0 saturated carbocycles. The topological polar surface area (TPSA) is 69.9 Å².